The van der Waals surface area contributed by atoms with E-state index in [1.54, 1.807) is 0 Å². The molecule has 0 aromatic rings. The summed E-state index contributed by atoms with van der Waals surface area (Å²) in [4.78, 5) is 10.9. The molecule has 11 heavy (non-hydrogen) atoms. The van der Waals surface area contributed by atoms with Gasteiger partial charge < -0.3 is 11.5 Å². The van der Waals surface area contributed by atoms with E-state index in [1.165, 1.54) is 0 Å². The van der Waals surface area contributed by atoms with Crippen molar-refractivity contribution in [2.45, 2.75) is 12.5 Å². The van der Waals surface area contributed by atoms with Crippen molar-refractivity contribution >= 4 is 5.91 Å². The highest BCUT2D eigenvalue weighted by atomic mass is 16.1. The number of fused-ring (bicyclic) bond motifs is 2. The van der Waals surface area contributed by atoms with E-state index in [9.17, 15) is 4.79 Å². The van der Waals surface area contributed by atoms with Crippen LogP contribution < -0.4 is 11.5 Å². The number of nitrogens with two attached hydrogens (primary N) is 2. The van der Waals surface area contributed by atoms with E-state index in [1.807, 2.05) is 0 Å². The Bertz CT molecular complexity index is 224. The number of amides is 1. The molecule has 0 spiro atoms. The molecule has 1 amide bonds. The summed E-state index contributed by atoms with van der Waals surface area (Å²) in [6, 6.07) is -0.0255. The number of rotatable bonds is 1. The molecule has 4 atom stereocenters. The minimum absolute atomic E-state index is 0.0255. The van der Waals surface area contributed by atoms with Gasteiger partial charge in [-0.05, 0) is 18.3 Å². The fourth-order valence-corrected chi connectivity index (χ4v) is 2.26. The molecule has 60 valence electrons. The molecule has 2 aliphatic carbocycles. The molecular weight excluding hydrogens is 140 g/mol. The molecular formula is C8H12N2O. The standard InChI is InChI=1S/C8H12N2O/c9-7-5-2-1-4(3-5)6(7)8(10)11/h1-2,4-7H,3,9H2,(H2,10,11)/t4-,5+,6?,7?/m1/s1. The summed E-state index contributed by atoms with van der Waals surface area (Å²) in [5.74, 6) is 0.379. The predicted octanol–water partition coefficient (Wildman–Crippen LogP) is -0.379. The summed E-state index contributed by atoms with van der Waals surface area (Å²) in [6.45, 7) is 0. The lowest BCUT2D eigenvalue weighted by Crippen LogP contribution is -2.41. The van der Waals surface area contributed by atoms with Crippen LogP contribution in [0.3, 0.4) is 0 Å². The van der Waals surface area contributed by atoms with Crippen molar-refractivity contribution < 1.29 is 4.79 Å². The first-order valence-electron chi connectivity index (χ1n) is 3.93. The zero-order chi connectivity index (χ0) is 8.01. The second-order valence-corrected chi connectivity index (χ2v) is 3.45. The molecule has 3 heteroatoms. The van der Waals surface area contributed by atoms with Gasteiger partial charge in [0, 0.05) is 6.04 Å². The van der Waals surface area contributed by atoms with E-state index in [0.29, 0.717) is 11.8 Å². The second-order valence-electron chi connectivity index (χ2n) is 3.45. The van der Waals surface area contributed by atoms with Gasteiger partial charge in [-0.3, -0.25) is 4.79 Å². The van der Waals surface area contributed by atoms with Gasteiger partial charge in [0.1, 0.15) is 0 Å². The molecule has 0 saturated heterocycles. The number of carbonyl (C=O) groups is 1. The van der Waals surface area contributed by atoms with Gasteiger partial charge in [-0.1, -0.05) is 12.2 Å². The Balaban J connectivity index is 2.25. The summed E-state index contributed by atoms with van der Waals surface area (Å²) < 4.78 is 0. The van der Waals surface area contributed by atoms with Crippen LogP contribution in [0.2, 0.25) is 0 Å². The van der Waals surface area contributed by atoms with Crippen LogP contribution in [0.15, 0.2) is 12.2 Å². The van der Waals surface area contributed by atoms with Crippen molar-refractivity contribution in [3.8, 4) is 0 Å². The smallest absolute Gasteiger partial charge is 0.222 e. The van der Waals surface area contributed by atoms with Crippen LogP contribution in [0.5, 0.6) is 0 Å². The zero-order valence-electron chi connectivity index (χ0n) is 6.23. The normalized spacial score (nSPS) is 46.6. The van der Waals surface area contributed by atoms with Crippen LogP contribution in [-0.2, 0) is 4.79 Å². The van der Waals surface area contributed by atoms with E-state index in [-0.39, 0.29) is 17.9 Å². The first-order chi connectivity index (χ1) is 5.20. The van der Waals surface area contributed by atoms with E-state index in [0.717, 1.165) is 6.42 Å². The molecule has 0 heterocycles. The van der Waals surface area contributed by atoms with Crippen LogP contribution in [0.25, 0.3) is 0 Å². The topological polar surface area (TPSA) is 69.1 Å². The predicted molar refractivity (Wildman–Crippen MR) is 41.4 cm³/mol. The Morgan fingerprint density at radius 3 is 2.36 bits per heavy atom. The molecule has 0 aromatic heterocycles. The summed E-state index contributed by atoms with van der Waals surface area (Å²) in [5, 5.41) is 0. The van der Waals surface area contributed by atoms with E-state index in [2.05, 4.69) is 12.2 Å². The Morgan fingerprint density at radius 2 is 2.00 bits per heavy atom. The number of allylic oxidation sites excluding steroid dienone is 1. The molecule has 4 N–H and O–H groups in total. The maximum absolute atomic E-state index is 10.9. The van der Waals surface area contributed by atoms with Gasteiger partial charge in [-0.2, -0.15) is 0 Å². The molecule has 0 radical (unpaired) electrons. The number of hydrogen-bond acceptors (Lipinski definition) is 2. The molecule has 2 bridgehead atoms. The Hall–Kier alpha value is -0.830. The number of carbonyl (C=O) groups excluding carboxylic acids is 1. The fraction of sp³-hybridized carbons (Fsp3) is 0.625. The molecule has 0 aromatic carbocycles. The van der Waals surface area contributed by atoms with Gasteiger partial charge in [0.15, 0.2) is 0 Å². The van der Waals surface area contributed by atoms with Gasteiger partial charge >= 0.3 is 0 Å². The van der Waals surface area contributed by atoms with Crippen LogP contribution in [0.4, 0.5) is 0 Å². The van der Waals surface area contributed by atoms with Crippen molar-refractivity contribution in [2.75, 3.05) is 0 Å². The molecule has 2 aliphatic rings. The van der Waals surface area contributed by atoms with Crippen molar-refractivity contribution in [2.24, 2.45) is 29.2 Å². The maximum atomic E-state index is 10.9. The first kappa shape index (κ1) is 6.85. The lowest BCUT2D eigenvalue weighted by molar-refractivity contribution is -0.122. The molecule has 1 saturated carbocycles. The van der Waals surface area contributed by atoms with Gasteiger partial charge in [-0.25, -0.2) is 0 Å². The highest BCUT2D eigenvalue weighted by Crippen LogP contribution is 2.42. The third-order valence-electron chi connectivity index (χ3n) is 2.85. The average Bonchev–Trinajstić information content (AvgIpc) is 2.44. The number of primary amides is 1. The summed E-state index contributed by atoms with van der Waals surface area (Å²) in [7, 11) is 0. The molecule has 2 rings (SSSR count). The second kappa shape index (κ2) is 2.08. The highest BCUT2D eigenvalue weighted by molar-refractivity contribution is 5.79. The van der Waals surface area contributed by atoms with Crippen molar-refractivity contribution in [3.05, 3.63) is 12.2 Å². The maximum Gasteiger partial charge on any atom is 0.222 e. The van der Waals surface area contributed by atoms with E-state index < -0.39 is 0 Å². The van der Waals surface area contributed by atoms with Crippen LogP contribution in [0.1, 0.15) is 6.42 Å². The summed E-state index contributed by atoms with van der Waals surface area (Å²) >= 11 is 0. The minimum Gasteiger partial charge on any atom is -0.369 e. The Kier molecular flexibility index (Phi) is 1.29. The first-order valence-corrected chi connectivity index (χ1v) is 3.93. The van der Waals surface area contributed by atoms with Crippen molar-refractivity contribution in [1.82, 2.24) is 0 Å². The van der Waals surface area contributed by atoms with E-state index >= 15 is 0 Å². The quantitative estimate of drug-likeness (QED) is 0.503. The molecule has 2 unspecified atom stereocenters. The third kappa shape index (κ3) is 0.807. The monoisotopic (exact) mass is 152 g/mol. The van der Waals surface area contributed by atoms with Crippen molar-refractivity contribution in [3.63, 3.8) is 0 Å². The Morgan fingerprint density at radius 1 is 1.36 bits per heavy atom. The van der Waals surface area contributed by atoms with Crippen LogP contribution in [0, 0.1) is 17.8 Å². The SMILES string of the molecule is NC(=O)C1C(N)[C@H]2C=C[C@@H]1C2. The zero-order valence-corrected chi connectivity index (χ0v) is 6.23. The molecule has 3 nitrogen and oxygen atoms in total. The molecule has 1 fully saturated rings. The summed E-state index contributed by atoms with van der Waals surface area (Å²) in [6.07, 6.45) is 5.20. The van der Waals surface area contributed by atoms with Crippen LogP contribution >= 0.6 is 0 Å². The van der Waals surface area contributed by atoms with Crippen molar-refractivity contribution in [1.29, 1.82) is 0 Å². The van der Waals surface area contributed by atoms with Crippen LogP contribution in [-0.4, -0.2) is 11.9 Å². The lowest BCUT2D eigenvalue weighted by Gasteiger charge is -2.20. The molecule has 0 aliphatic heterocycles. The largest absolute Gasteiger partial charge is 0.369 e. The number of hydrogen-bond donors (Lipinski definition) is 2. The highest BCUT2D eigenvalue weighted by Gasteiger charge is 2.45. The van der Waals surface area contributed by atoms with Gasteiger partial charge in [0.05, 0.1) is 5.92 Å². The van der Waals surface area contributed by atoms with Gasteiger partial charge in [0.25, 0.3) is 0 Å². The van der Waals surface area contributed by atoms with Gasteiger partial charge in [-0.15, -0.1) is 0 Å². The fourth-order valence-electron chi connectivity index (χ4n) is 2.26. The lowest BCUT2D eigenvalue weighted by atomic mass is 9.89. The van der Waals surface area contributed by atoms with Gasteiger partial charge in [0.2, 0.25) is 5.91 Å². The third-order valence-corrected chi connectivity index (χ3v) is 2.85. The average molecular weight is 152 g/mol. The Labute approximate surface area is 65.4 Å². The minimum atomic E-state index is -0.241. The van der Waals surface area contributed by atoms with E-state index in [4.69, 9.17) is 11.5 Å². The summed E-state index contributed by atoms with van der Waals surface area (Å²) in [5.41, 5.74) is 11.0.